The van der Waals surface area contributed by atoms with E-state index in [1.54, 1.807) is 6.20 Å². The molecule has 2 aliphatic heterocycles. The average molecular weight is 463 g/mol. The third kappa shape index (κ3) is 4.07. The summed E-state index contributed by atoms with van der Waals surface area (Å²) in [6.07, 6.45) is 5.51. The molecule has 0 radical (unpaired) electrons. The van der Waals surface area contributed by atoms with E-state index in [1.807, 2.05) is 29.7 Å². The van der Waals surface area contributed by atoms with E-state index < -0.39 is 0 Å². The molecule has 3 aromatic rings. The largest absolute Gasteiger partial charge is 0.366 e. The number of rotatable bonds is 4. The number of halogens is 1. The molecule has 1 aromatic carbocycles. The number of carbonyl (C=O) groups excluding carboxylic acids is 1. The van der Waals surface area contributed by atoms with Crippen molar-refractivity contribution >= 4 is 28.3 Å². The van der Waals surface area contributed by atoms with Gasteiger partial charge in [-0.05, 0) is 83.1 Å². The van der Waals surface area contributed by atoms with Crippen molar-refractivity contribution in [2.75, 3.05) is 32.0 Å². The Morgan fingerprint density at radius 2 is 2.00 bits per heavy atom. The molecule has 0 bridgehead atoms. The van der Waals surface area contributed by atoms with Crippen LogP contribution in [0.5, 0.6) is 0 Å². The van der Waals surface area contributed by atoms with E-state index in [1.165, 1.54) is 6.07 Å². The molecule has 2 aliphatic rings. The molecule has 0 spiro atoms. The van der Waals surface area contributed by atoms with Crippen molar-refractivity contribution < 1.29 is 9.18 Å². The Bertz CT molecular complexity index is 1290. The number of aryl methyl sites for hydroxylation is 1. The van der Waals surface area contributed by atoms with Gasteiger partial charge in [0, 0.05) is 30.4 Å². The fourth-order valence-electron chi connectivity index (χ4n) is 5.07. The van der Waals surface area contributed by atoms with Crippen LogP contribution >= 0.6 is 0 Å². The number of pyridine rings is 1. The maximum Gasteiger partial charge on any atom is 0.253 e. The minimum atomic E-state index is -0.347. The van der Waals surface area contributed by atoms with Crippen LogP contribution in [0.4, 0.5) is 10.2 Å². The van der Waals surface area contributed by atoms with Crippen LogP contribution in [-0.2, 0) is 0 Å². The molecule has 0 aliphatic carbocycles. The van der Waals surface area contributed by atoms with Gasteiger partial charge in [0.2, 0.25) is 0 Å². The van der Waals surface area contributed by atoms with Crippen LogP contribution in [0.15, 0.2) is 30.5 Å². The van der Waals surface area contributed by atoms with Gasteiger partial charge in [-0.15, -0.1) is 0 Å². The number of anilines is 1. The van der Waals surface area contributed by atoms with Crippen LogP contribution in [0, 0.1) is 12.7 Å². The summed E-state index contributed by atoms with van der Waals surface area (Å²) >= 11 is 0. The van der Waals surface area contributed by atoms with E-state index in [2.05, 4.69) is 46.4 Å². The Morgan fingerprint density at radius 1 is 1.24 bits per heavy atom. The highest BCUT2D eigenvalue weighted by Gasteiger charge is 2.23. The number of hydrogen-bond acceptors (Lipinski definition) is 5. The molecule has 2 N–H and O–H groups in total. The SMILES string of the molecule is Cc1nc2c(F)cc(C3=CCNc4ncc(C(=O)NC5CCN(C)CC5)cc43)cc2n1C(C)C. The Balaban J connectivity index is 1.50. The summed E-state index contributed by atoms with van der Waals surface area (Å²) in [7, 11) is 2.10. The molecule has 1 amide bonds. The summed E-state index contributed by atoms with van der Waals surface area (Å²) in [5.74, 6) is 1.02. The van der Waals surface area contributed by atoms with Crippen LogP contribution in [0.2, 0.25) is 0 Å². The number of nitrogens with zero attached hydrogens (tertiary/aromatic N) is 4. The lowest BCUT2D eigenvalue weighted by Gasteiger charge is -2.29. The van der Waals surface area contributed by atoms with E-state index in [0.29, 0.717) is 23.4 Å². The molecule has 8 heteroatoms. The summed E-state index contributed by atoms with van der Waals surface area (Å²) in [5, 5.41) is 6.42. The second-order valence-corrected chi connectivity index (χ2v) is 9.62. The molecule has 178 valence electrons. The molecule has 7 nitrogen and oxygen atoms in total. The number of benzene rings is 1. The first-order valence-electron chi connectivity index (χ1n) is 11.9. The van der Waals surface area contributed by atoms with Gasteiger partial charge in [-0.3, -0.25) is 4.79 Å². The average Bonchev–Trinajstić information content (AvgIpc) is 3.16. The highest BCUT2D eigenvalue weighted by molar-refractivity contribution is 5.98. The standard InChI is InChI=1S/C26H31FN6O/c1-15(2)33-16(3)30-24-22(27)12-17(13-23(24)33)20-5-8-28-25-21(20)11-18(14-29-25)26(34)31-19-6-9-32(4)10-7-19/h5,11-15,19H,6-10H2,1-4H3,(H,28,29)(H,31,34). The minimum absolute atomic E-state index is 0.120. The maximum atomic E-state index is 15.1. The van der Waals surface area contributed by atoms with Crippen molar-refractivity contribution in [3.63, 3.8) is 0 Å². The number of carbonyl (C=O) groups is 1. The summed E-state index contributed by atoms with van der Waals surface area (Å²) in [6.45, 7) is 8.57. The number of likely N-dealkylation sites (tertiary alicyclic amines) is 1. The number of nitrogens with one attached hydrogen (secondary N) is 2. The van der Waals surface area contributed by atoms with Crippen LogP contribution in [0.3, 0.4) is 0 Å². The normalized spacial score (nSPS) is 16.9. The molecule has 4 heterocycles. The van der Waals surface area contributed by atoms with Crippen molar-refractivity contribution in [1.82, 2.24) is 24.8 Å². The fourth-order valence-corrected chi connectivity index (χ4v) is 5.07. The van der Waals surface area contributed by atoms with Gasteiger partial charge in [-0.2, -0.15) is 0 Å². The summed E-state index contributed by atoms with van der Waals surface area (Å²) < 4.78 is 17.2. The van der Waals surface area contributed by atoms with Gasteiger partial charge in [0.1, 0.15) is 17.2 Å². The molecule has 1 fully saturated rings. The molecular formula is C26H31FN6O. The summed E-state index contributed by atoms with van der Waals surface area (Å²) in [6, 6.07) is 5.71. The first-order chi connectivity index (χ1) is 16.3. The zero-order chi connectivity index (χ0) is 24.0. The van der Waals surface area contributed by atoms with Gasteiger partial charge in [-0.1, -0.05) is 6.08 Å². The molecule has 2 aromatic heterocycles. The number of amides is 1. The predicted octanol–water partition coefficient (Wildman–Crippen LogP) is 4.14. The first kappa shape index (κ1) is 22.5. The van der Waals surface area contributed by atoms with Crippen LogP contribution < -0.4 is 10.6 Å². The van der Waals surface area contributed by atoms with E-state index in [4.69, 9.17) is 0 Å². The maximum absolute atomic E-state index is 15.1. The first-order valence-corrected chi connectivity index (χ1v) is 11.9. The van der Waals surface area contributed by atoms with Gasteiger partial charge in [0.05, 0.1) is 11.1 Å². The van der Waals surface area contributed by atoms with E-state index in [-0.39, 0.29) is 23.8 Å². The van der Waals surface area contributed by atoms with Gasteiger partial charge >= 0.3 is 0 Å². The predicted molar refractivity (Wildman–Crippen MR) is 133 cm³/mol. The molecule has 5 rings (SSSR count). The van der Waals surface area contributed by atoms with Crippen molar-refractivity contribution in [2.24, 2.45) is 0 Å². The van der Waals surface area contributed by atoms with Crippen LogP contribution in [0.25, 0.3) is 16.6 Å². The lowest BCUT2D eigenvalue weighted by atomic mass is 9.94. The highest BCUT2D eigenvalue weighted by atomic mass is 19.1. The monoisotopic (exact) mass is 462 g/mol. The van der Waals surface area contributed by atoms with Gasteiger partial charge < -0.3 is 20.1 Å². The highest BCUT2D eigenvalue weighted by Crippen LogP contribution is 2.35. The Labute approximate surface area is 199 Å². The molecule has 1 saturated heterocycles. The van der Waals surface area contributed by atoms with E-state index in [0.717, 1.165) is 54.0 Å². The van der Waals surface area contributed by atoms with Gasteiger partial charge in [0.25, 0.3) is 5.91 Å². The number of aromatic nitrogens is 3. The third-order valence-corrected chi connectivity index (χ3v) is 6.82. The van der Waals surface area contributed by atoms with E-state index in [9.17, 15) is 4.79 Å². The Hall–Kier alpha value is -3.26. The van der Waals surface area contributed by atoms with Crippen molar-refractivity contribution in [3.8, 4) is 0 Å². The van der Waals surface area contributed by atoms with Crippen molar-refractivity contribution in [1.29, 1.82) is 0 Å². The lowest BCUT2D eigenvalue weighted by molar-refractivity contribution is 0.0916. The number of piperidine rings is 1. The zero-order valence-corrected chi connectivity index (χ0v) is 20.2. The number of fused-ring (bicyclic) bond motifs is 2. The second-order valence-electron chi connectivity index (χ2n) is 9.62. The van der Waals surface area contributed by atoms with Crippen LogP contribution in [0.1, 0.15) is 60.0 Å². The molecular weight excluding hydrogens is 431 g/mol. The third-order valence-electron chi connectivity index (χ3n) is 6.82. The minimum Gasteiger partial charge on any atom is -0.366 e. The number of imidazole rings is 1. The molecule has 0 atom stereocenters. The molecule has 34 heavy (non-hydrogen) atoms. The van der Waals surface area contributed by atoms with Gasteiger partial charge in [-0.25, -0.2) is 14.4 Å². The fraction of sp³-hybridized carbons (Fsp3) is 0.423. The summed E-state index contributed by atoms with van der Waals surface area (Å²) in [5.41, 5.74) is 4.08. The smallest absolute Gasteiger partial charge is 0.253 e. The molecule has 0 saturated carbocycles. The van der Waals surface area contributed by atoms with E-state index >= 15 is 4.39 Å². The second kappa shape index (κ2) is 8.83. The van der Waals surface area contributed by atoms with Crippen LogP contribution in [-0.4, -0.2) is 58.1 Å². The topological polar surface area (TPSA) is 75.1 Å². The Kier molecular flexibility index (Phi) is 5.85. The van der Waals surface area contributed by atoms with Crippen molar-refractivity contribution in [3.05, 3.63) is 58.8 Å². The Morgan fingerprint density at radius 3 is 2.74 bits per heavy atom. The van der Waals surface area contributed by atoms with Crippen molar-refractivity contribution in [2.45, 2.75) is 45.7 Å². The lowest BCUT2D eigenvalue weighted by Crippen LogP contribution is -2.43. The van der Waals surface area contributed by atoms with Gasteiger partial charge in [0.15, 0.2) is 5.82 Å². The zero-order valence-electron chi connectivity index (χ0n) is 20.2. The quantitative estimate of drug-likeness (QED) is 0.610. The summed E-state index contributed by atoms with van der Waals surface area (Å²) in [4.78, 5) is 24.2. The number of hydrogen-bond donors (Lipinski definition) is 2. The molecule has 0 unspecified atom stereocenters.